The van der Waals surface area contributed by atoms with Gasteiger partial charge in [-0.3, -0.25) is 14.5 Å². The van der Waals surface area contributed by atoms with E-state index >= 15 is 0 Å². The zero-order valence-electron chi connectivity index (χ0n) is 15.0. The molecule has 142 valence electrons. The average Bonchev–Trinajstić information content (AvgIpc) is 3.30. The summed E-state index contributed by atoms with van der Waals surface area (Å²) in [4.78, 5) is 26.5. The molecule has 0 unspecified atom stereocenters. The minimum absolute atomic E-state index is 0.217. The van der Waals surface area contributed by atoms with E-state index in [4.69, 9.17) is 4.42 Å². The molecular formula is C22H13BrN2O3S. The first kappa shape index (κ1) is 19.2. The number of benzene rings is 2. The highest BCUT2D eigenvalue weighted by atomic mass is 79.9. The zero-order chi connectivity index (χ0) is 20.4. The highest BCUT2D eigenvalue weighted by Crippen LogP contribution is 2.34. The summed E-state index contributed by atoms with van der Waals surface area (Å²) in [6.07, 6.45) is 1.56. The second-order valence-electron chi connectivity index (χ2n) is 6.25. The fourth-order valence-electron chi connectivity index (χ4n) is 2.91. The van der Waals surface area contributed by atoms with Crippen LogP contribution in [0.15, 0.2) is 74.5 Å². The van der Waals surface area contributed by atoms with Crippen molar-refractivity contribution in [2.24, 2.45) is 0 Å². The Morgan fingerprint density at radius 3 is 2.59 bits per heavy atom. The smallest absolute Gasteiger partial charge is 0.293 e. The van der Waals surface area contributed by atoms with Crippen LogP contribution < -0.4 is 0 Å². The Labute approximate surface area is 179 Å². The standard InChI is InChI=1S/C22H13BrN2O3S/c23-16-7-5-14(6-8-16)13-25-21(26)20(29-22(25)27)11-17-9-10-19(28-17)18-4-2-1-3-15(18)12-24/h1-11H,13H2/b20-11-. The van der Waals surface area contributed by atoms with E-state index in [1.165, 1.54) is 4.90 Å². The van der Waals surface area contributed by atoms with Gasteiger partial charge < -0.3 is 4.42 Å². The van der Waals surface area contributed by atoms with Gasteiger partial charge in [0, 0.05) is 16.1 Å². The molecule has 1 saturated heterocycles. The molecule has 1 aliphatic heterocycles. The molecule has 5 nitrogen and oxygen atoms in total. The van der Waals surface area contributed by atoms with Crippen molar-refractivity contribution < 1.29 is 14.0 Å². The minimum atomic E-state index is -0.349. The molecule has 0 saturated carbocycles. The third-order valence-electron chi connectivity index (χ3n) is 4.34. The summed E-state index contributed by atoms with van der Waals surface area (Å²) in [6, 6.07) is 20.2. The van der Waals surface area contributed by atoms with Gasteiger partial charge in [-0.1, -0.05) is 40.2 Å². The number of nitrogens with zero attached hydrogens (tertiary/aromatic N) is 2. The van der Waals surface area contributed by atoms with Crippen LogP contribution in [0.1, 0.15) is 16.9 Å². The number of carbonyl (C=O) groups excluding carboxylic acids is 2. The van der Waals surface area contributed by atoms with Crippen LogP contribution in [-0.4, -0.2) is 16.0 Å². The normalized spacial score (nSPS) is 15.2. The van der Waals surface area contributed by atoms with Crippen LogP contribution in [0, 0.1) is 11.3 Å². The number of thioether (sulfide) groups is 1. The Kier molecular flexibility index (Phi) is 5.38. The first-order chi connectivity index (χ1) is 14.0. The third-order valence-corrected chi connectivity index (χ3v) is 5.78. The van der Waals surface area contributed by atoms with Crippen LogP contribution in [0.3, 0.4) is 0 Å². The molecule has 29 heavy (non-hydrogen) atoms. The molecular weight excluding hydrogens is 452 g/mol. The predicted octanol–water partition coefficient (Wildman–Crippen LogP) is 5.82. The quantitative estimate of drug-likeness (QED) is 0.454. The Morgan fingerprint density at radius 1 is 1.07 bits per heavy atom. The van der Waals surface area contributed by atoms with Gasteiger partial charge in [-0.05, 0) is 53.7 Å². The molecule has 0 N–H and O–H groups in total. The summed E-state index contributed by atoms with van der Waals surface area (Å²) in [5, 5.41) is 8.93. The number of hydrogen-bond donors (Lipinski definition) is 0. The van der Waals surface area contributed by atoms with Gasteiger partial charge in [0.2, 0.25) is 0 Å². The molecule has 0 aliphatic carbocycles. The first-order valence-electron chi connectivity index (χ1n) is 8.64. The monoisotopic (exact) mass is 464 g/mol. The Balaban J connectivity index is 1.56. The highest BCUT2D eigenvalue weighted by Gasteiger charge is 2.35. The summed E-state index contributed by atoms with van der Waals surface area (Å²) in [5.74, 6) is 0.627. The number of furan rings is 1. The Bertz CT molecular complexity index is 1180. The number of hydrogen-bond acceptors (Lipinski definition) is 5. The largest absolute Gasteiger partial charge is 0.457 e. The first-order valence-corrected chi connectivity index (χ1v) is 10.3. The molecule has 1 aliphatic rings. The molecule has 0 atom stereocenters. The van der Waals surface area contributed by atoms with Crippen molar-refractivity contribution in [3.05, 3.63) is 86.9 Å². The van der Waals surface area contributed by atoms with Gasteiger partial charge in [-0.25, -0.2) is 0 Å². The molecule has 1 fully saturated rings. The topological polar surface area (TPSA) is 74.3 Å². The number of nitriles is 1. The van der Waals surface area contributed by atoms with Gasteiger partial charge in [-0.15, -0.1) is 0 Å². The van der Waals surface area contributed by atoms with E-state index in [9.17, 15) is 14.9 Å². The number of amides is 2. The minimum Gasteiger partial charge on any atom is -0.457 e. The number of imide groups is 1. The lowest BCUT2D eigenvalue weighted by Crippen LogP contribution is -2.27. The van der Waals surface area contributed by atoms with Gasteiger partial charge in [-0.2, -0.15) is 5.26 Å². The van der Waals surface area contributed by atoms with Crippen LogP contribution in [0.2, 0.25) is 0 Å². The van der Waals surface area contributed by atoms with E-state index in [1.807, 2.05) is 30.3 Å². The summed E-state index contributed by atoms with van der Waals surface area (Å²) < 4.78 is 6.73. The number of carbonyl (C=O) groups is 2. The summed E-state index contributed by atoms with van der Waals surface area (Å²) >= 11 is 4.26. The van der Waals surface area contributed by atoms with Crippen molar-refractivity contribution in [3.8, 4) is 17.4 Å². The molecule has 1 aromatic heterocycles. The van der Waals surface area contributed by atoms with Gasteiger partial charge >= 0.3 is 0 Å². The van der Waals surface area contributed by atoms with Crippen molar-refractivity contribution in [2.75, 3.05) is 0 Å². The fourth-order valence-corrected chi connectivity index (χ4v) is 3.99. The predicted molar refractivity (Wildman–Crippen MR) is 115 cm³/mol. The van der Waals surface area contributed by atoms with Crippen molar-refractivity contribution in [1.82, 2.24) is 4.90 Å². The van der Waals surface area contributed by atoms with E-state index in [0.717, 1.165) is 21.8 Å². The lowest BCUT2D eigenvalue weighted by atomic mass is 10.1. The summed E-state index contributed by atoms with van der Waals surface area (Å²) in [7, 11) is 0. The SMILES string of the molecule is N#Cc1ccccc1-c1ccc(/C=C2\SC(=O)N(Cc3ccc(Br)cc3)C2=O)o1. The average molecular weight is 465 g/mol. The second kappa shape index (κ2) is 8.11. The van der Waals surface area contributed by atoms with E-state index in [2.05, 4.69) is 22.0 Å². The Morgan fingerprint density at radius 2 is 1.83 bits per heavy atom. The summed E-state index contributed by atoms with van der Waals surface area (Å²) in [6.45, 7) is 0.217. The molecule has 0 radical (unpaired) electrons. The van der Waals surface area contributed by atoms with Crippen LogP contribution in [0.4, 0.5) is 4.79 Å². The molecule has 0 bridgehead atoms. The molecule has 0 spiro atoms. The van der Waals surface area contributed by atoms with Crippen molar-refractivity contribution >= 4 is 44.9 Å². The molecule has 2 amide bonds. The van der Waals surface area contributed by atoms with E-state index in [0.29, 0.717) is 27.6 Å². The zero-order valence-corrected chi connectivity index (χ0v) is 17.4. The highest BCUT2D eigenvalue weighted by molar-refractivity contribution is 9.10. The molecule has 2 aromatic carbocycles. The number of rotatable bonds is 4. The lowest BCUT2D eigenvalue weighted by Gasteiger charge is -2.12. The molecule has 4 rings (SSSR count). The third kappa shape index (κ3) is 4.04. The van der Waals surface area contributed by atoms with Gasteiger partial charge in [0.05, 0.1) is 23.1 Å². The van der Waals surface area contributed by atoms with Crippen molar-refractivity contribution in [3.63, 3.8) is 0 Å². The van der Waals surface area contributed by atoms with Crippen LogP contribution >= 0.6 is 27.7 Å². The van der Waals surface area contributed by atoms with Crippen molar-refractivity contribution in [2.45, 2.75) is 6.54 Å². The van der Waals surface area contributed by atoms with Crippen LogP contribution in [0.5, 0.6) is 0 Å². The second-order valence-corrected chi connectivity index (χ2v) is 8.16. The van der Waals surface area contributed by atoms with Gasteiger partial charge in [0.15, 0.2) is 0 Å². The Hall–Kier alpha value is -3.08. The fraction of sp³-hybridized carbons (Fsp3) is 0.0455. The molecule has 2 heterocycles. The van der Waals surface area contributed by atoms with Crippen LogP contribution in [0.25, 0.3) is 17.4 Å². The van der Waals surface area contributed by atoms with Gasteiger partial charge in [0.25, 0.3) is 11.1 Å². The van der Waals surface area contributed by atoms with Crippen molar-refractivity contribution in [1.29, 1.82) is 5.26 Å². The maximum atomic E-state index is 12.7. The number of halogens is 1. The van der Waals surface area contributed by atoms with E-state index in [-0.39, 0.29) is 17.7 Å². The van der Waals surface area contributed by atoms with Gasteiger partial charge in [0.1, 0.15) is 11.5 Å². The maximum Gasteiger partial charge on any atom is 0.293 e. The molecule has 7 heteroatoms. The lowest BCUT2D eigenvalue weighted by molar-refractivity contribution is -0.123. The summed E-state index contributed by atoms with van der Waals surface area (Å²) in [5.41, 5.74) is 2.05. The van der Waals surface area contributed by atoms with E-state index in [1.54, 1.807) is 36.4 Å². The molecule has 3 aromatic rings. The van der Waals surface area contributed by atoms with E-state index < -0.39 is 0 Å². The van der Waals surface area contributed by atoms with Crippen LogP contribution in [-0.2, 0) is 11.3 Å². The maximum absolute atomic E-state index is 12.7.